The summed E-state index contributed by atoms with van der Waals surface area (Å²) in [5.74, 6) is 0.446. The van der Waals surface area contributed by atoms with Crippen LogP contribution in [-0.4, -0.2) is 34.9 Å². The van der Waals surface area contributed by atoms with Crippen molar-refractivity contribution in [2.45, 2.75) is 25.8 Å². The average Bonchev–Trinajstić information content (AvgIpc) is 3.28. The molecule has 2 aromatic carbocycles. The predicted octanol–water partition coefficient (Wildman–Crippen LogP) is 4.01. The van der Waals surface area contributed by atoms with Gasteiger partial charge in [0.15, 0.2) is 0 Å². The number of benzene rings is 2. The lowest BCUT2D eigenvalue weighted by Crippen LogP contribution is -2.24. The van der Waals surface area contributed by atoms with Crippen molar-refractivity contribution in [3.05, 3.63) is 77.4 Å². The van der Waals surface area contributed by atoms with Crippen LogP contribution in [0, 0.1) is 5.82 Å². The smallest absolute Gasteiger partial charge is 0.123 e. The average molecular weight is 365 g/mol. The van der Waals surface area contributed by atoms with Crippen LogP contribution in [0.1, 0.15) is 23.4 Å². The van der Waals surface area contributed by atoms with Crippen molar-refractivity contribution >= 4 is 0 Å². The lowest BCUT2D eigenvalue weighted by Gasteiger charge is -2.16. The number of hydrogen-bond donors (Lipinski definition) is 0. The van der Waals surface area contributed by atoms with Gasteiger partial charge in [-0.3, -0.25) is 4.90 Å². The van der Waals surface area contributed by atoms with Crippen molar-refractivity contribution in [1.29, 1.82) is 0 Å². The van der Waals surface area contributed by atoms with Crippen LogP contribution in [0.2, 0.25) is 0 Å². The Hall–Kier alpha value is -2.66. The molecule has 4 nitrogen and oxygen atoms in total. The molecule has 4 rings (SSSR count). The lowest BCUT2D eigenvalue weighted by molar-refractivity contribution is 0.230. The molecule has 0 bridgehead atoms. The second-order valence-electron chi connectivity index (χ2n) is 7.01. The van der Waals surface area contributed by atoms with Crippen molar-refractivity contribution < 1.29 is 9.13 Å². The molecule has 27 heavy (non-hydrogen) atoms. The zero-order valence-electron chi connectivity index (χ0n) is 15.6. The molecule has 0 atom stereocenters. The van der Waals surface area contributed by atoms with Gasteiger partial charge in [-0.1, -0.05) is 18.2 Å². The number of ether oxygens (including phenoxy) is 1. The first kappa shape index (κ1) is 17.7. The fourth-order valence-corrected chi connectivity index (χ4v) is 3.61. The van der Waals surface area contributed by atoms with Gasteiger partial charge in [0, 0.05) is 18.8 Å². The van der Waals surface area contributed by atoms with Crippen molar-refractivity contribution in [2.24, 2.45) is 0 Å². The maximum Gasteiger partial charge on any atom is 0.123 e. The number of hydrogen-bond acceptors (Lipinski definition) is 3. The zero-order valence-corrected chi connectivity index (χ0v) is 15.6. The molecule has 0 fully saturated rings. The SMILES string of the molecule is CN(CCOc1ccc(F)cc1)Cc1nn(-c2ccccc2)c2c1CCC2. The van der Waals surface area contributed by atoms with Gasteiger partial charge in [0.25, 0.3) is 0 Å². The van der Waals surface area contributed by atoms with Gasteiger partial charge < -0.3 is 4.74 Å². The Morgan fingerprint density at radius 2 is 1.85 bits per heavy atom. The highest BCUT2D eigenvalue weighted by Crippen LogP contribution is 2.28. The van der Waals surface area contributed by atoms with Gasteiger partial charge >= 0.3 is 0 Å². The number of likely N-dealkylation sites (N-methyl/N-ethyl adjacent to an activating group) is 1. The Kier molecular flexibility index (Phi) is 5.21. The summed E-state index contributed by atoms with van der Waals surface area (Å²) in [6.07, 6.45) is 3.40. The van der Waals surface area contributed by atoms with Crippen molar-refractivity contribution in [2.75, 3.05) is 20.2 Å². The third kappa shape index (κ3) is 4.03. The standard InChI is InChI=1S/C22H24FN3O/c1-25(14-15-27-19-12-10-17(23)11-13-19)16-21-20-8-5-9-22(20)26(24-21)18-6-3-2-4-7-18/h2-4,6-7,10-13H,5,8-9,14-16H2,1H3. The van der Waals surface area contributed by atoms with Crippen LogP contribution in [0.5, 0.6) is 5.75 Å². The van der Waals surface area contributed by atoms with E-state index < -0.39 is 0 Å². The van der Waals surface area contributed by atoms with Gasteiger partial charge in [0.2, 0.25) is 0 Å². The molecular formula is C22H24FN3O. The molecule has 1 heterocycles. The van der Waals surface area contributed by atoms with E-state index in [1.807, 2.05) is 6.07 Å². The van der Waals surface area contributed by atoms with E-state index in [9.17, 15) is 4.39 Å². The third-order valence-corrected chi connectivity index (χ3v) is 4.99. The van der Waals surface area contributed by atoms with Crippen LogP contribution in [0.15, 0.2) is 54.6 Å². The molecule has 5 heteroatoms. The summed E-state index contributed by atoms with van der Waals surface area (Å²) in [7, 11) is 2.08. The quantitative estimate of drug-likeness (QED) is 0.634. The van der Waals surface area contributed by atoms with Crippen LogP contribution < -0.4 is 4.74 Å². The fraction of sp³-hybridized carbons (Fsp3) is 0.318. The van der Waals surface area contributed by atoms with Crippen molar-refractivity contribution in [1.82, 2.24) is 14.7 Å². The van der Waals surface area contributed by atoms with Crippen LogP contribution in [0.25, 0.3) is 5.69 Å². The van der Waals surface area contributed by atoms with E-state index in [1.54, 1.807) is 12.1 Å². The Morgan fingerprint density at radius 1 is 1.07 bits per heavy atom. The predicted molar refractivity (Wildman–Crippen MR) is 104 cm³/mol. The highest BCUT2D eigenvalue weighted by molar-refractivity contribution is 5.39. The molecule has 0 saturated heterocycles. The van der Waals surface area contributed by atoms with Crippen molar-refractivity contribution in [3.63, 3.8) is 0 Å². The van der Waals surface area contributed by atoms with E-state index in [4.69, 9.17) is 9.84 Å². The van der Waals surface area contributed by atoms with Gasteiger partial charge in [0.1, 0.15) is 18.2 Å². The minimum atomic E-state index is -0.248. The van der Waals surface area contributed by atoms with Crippen LogP contribution in [-0.2, 0) is 19.4 Å². The number of para-hydroxylation sites is 1. The Bertz CT molecular complexity index is 890. The molecular weight excluding hydrogens is 341 g/mol. The number of fused-ring (bicyclic) bond motifs is 1. The summed E-state index contributed by atoms with van der Waals surface area (Å²) in [5.41, 5.74) is 5.05. The molecule has 1 aliphatic carbocycles. The molecule has 1 aliphatic rings. The second-order valence-corrected chi connectivity index (χ2v) is 7.01. The minimum Gasteiger partial charge on any atom is -0.492 e. The van der Waals surface area contributed by atoms with Crippen molar-refractivity contribution in [3.8, 4) is 11.4 Å². The Morgan fingerprint density at radius 3 is 2.63 bits per heavy atom. The van der Waals surface area contributed by atoms with Crippen LogP contribution >= 0.6 is 0 Å². The molecule has 0 spiro atoms. The monoisotopic (exact) mass is 365 g/mol. The molecule has 0 saturated carbocycles. The van der Waals surface area contributed by atoms with Crippen LogP contribution in [0.3, 0.4) is 0 Å². The number of rotatable bonds is 7. The summed E-state index contributed by atoms with van der Waals surface area (Å²) in [4.78, 5) is 2.22. The van der Waals surface area contributed by atoms with Gasteiger partial charge in [-0.15, -0.1) is 0 Å². The summed E-state index contributed by atoms with van der Waals surface area (Å²) in [5, 5.41) is 4.91. The lowest BCUT2D eigenvalue weighted by atomic mass is 10.2. The molecule has 1 aromatic heterocycles. The third-order valence-electron chi connectivity index (χ3n) is 4.99. The minimum absolute atomic E-state index is 0.248. The second kappa shape index (κ2) is 7.92. The maximum atomic E-state index is 12.9. The largest absolute Gasteiger partial charge is 0.492 e. The summed E-state index contributed by atoms with van der Waals surface area (Å²) in [6, 6.07) is 16.5. The molecule has 0 radical (unpaired) electrons. The normalized spacial score (nSPS) is 13.1. The molecule has 0 unspecified atom stereocenters. The number of aromatic nitrogens is 2. The summed E-state index contributed by atoms with van der Waals surface area (Å²) < 4.78 is 20.8. The molecule has 3 aromatic rings. The van der Waals surface area contributed by atoms with Gasteiger partial charge in [-0.05, 0) is 68.3 Å². The van der Waals surface area contributed by atoms with E-state index in [2.05, 4.69) is 40.9 Å². The molecule has 140 valence electrons. The van der Waals surface area contributed by atoms with Gasteiger partial charge in [-0.2, -0.15) is 5.10 Å². The topological polar surface area (TPSA) is 30.3 Å². The highest BCUT2D eigenvalue weighted by atomic mass is 19.1. The van der Waals surface area contributed by atoms with Gasteiger partial charge in [0.05, 0.1) is 11.4 Å². The molecule has 0 N–H and O–H groups in total. The number of nitrogens with zero attached hydrogens (tertiary/aromatic N) is 3. The van der Waals surface area contributed by atoms with E-state index in [1.165, 1.54) is 29.8 Å². The zero-order chi connectivity index (χ0) is 18.6. The first-order chi connectivity index (χ1) is 13.2. The summed E-state index contributed by atoms with van der Waals surface area (Å²) in [6.45, 7) is 2.14. The summed E-state index contributed by atoms with van der Waals surface area (Å²) >= 11 is 0. The highest BCUT2D eigenvalue weighted by Gasteiger charge is 2.23. The van der Waals surface area contributed by atoms with Gasteiger partial charge in [-0.25, -0.2) is 9.07 Å². The van der Waals surface area contributed by atoms with Crippen LogP contribution in [0.4, 0.5) is 4.39 Å². The fourth-order valence-electron chi connectivity index (χ4n) is 3.61. The molecule has 0 aliphatic heterocycles. The Labute approximate surface area is 159 Å². The number of halogens is 1. The van der Waals surface area contributed by atoms with E-state index in [-0.39, 0.29) is 5.82 Å². The molecule has 0 amide bonds. The maximum absolute atomic E-state index is 12.9. The van der Waals surface area contributed by atoms with E-state index in [0.717, 1.165) is 37.3 Å². The first-order valence-electron chi connectivity index (χ1n) is 9.42. The Balaban J connectivity index is 1.40. The van der Waals surface area contributed by atoms with E-state index in [0.29, 0.717) is 12.4 Å². The van der Waals surface area contributed by atoms with E-state index >= 15 is 0 Å². The first-order valence-corrected chi connectivity index (χ1v) is 9.42.